The van der Waals surface area contributed by atoms with Crippen LogP contribution in [0.1, 0.15) is 4.88 Å². The number of fused-ring (bicyclic) bond motifs is 1. The van der Waals surface area contributed by atoms with Gasteiger partial charge in [-0.15, -0.1) is 11.3 Å². The molecule has 5 nitrogen and oxygen atoms in total. The molecule has 1 saturated heterocycles. The second-order valence-corrected chi connectivity index (χ2v) is 8.20. The molecule has 4 aromatic rings. The van der Waals surface area contributed by atoms with Gasteiger partial charge >= 0.3 is 0 Å². The van der Waals surface area contributed by atoms with Gasteiger partial charge in [-0.05, 0) is 18.6 Å². The van der Waals surface area contributed by atoms with Gasteiger partial charge in [-0.1, -0.05) is 36.4 Å². The summed E-state index contributed by atoms with van der Waals surface area (Å²) in [5, 5.41) is 1.19. The van der Waals surface area contributed by atoms with Crippen molar-refractivity contribution in [3.8, 4) is 11.1 Å². The average molecular weight is 389 g/mol. The molecule has 5 rings (SSSR count). The number of benzene rings is 1. The van der Waals surface area contributed by atoms with E-state index in [0.29, 0.717) is 0 Å². The van der Waals surface area contributed by atoms with Crippen LogP contribution in [-0.2, 0) is 0 Å². The molecule has 0 unspecified atom stereocenters. The second kappa shape index (κ2) is 7.20. The Morgan fingerprint density at radius 1 is 0.893 bits per heavy atom. The second-order valence-electron chi connectivity index (χ2n) is 7.00. The summed E-state index contributed by atoms with van der Waals surface area (Å²) in [6, 6.07) is 16.8. The first-order valence-corrected chi connectivity index (χ1v) is 10.4. The molecule has 1 N–H and O–H groups in total. The smallest absolute Gasteiger partial charge is 0.274 e. The highest BCUT2D eigenvalue weighted by atomic mass is 32.1. The minimum absolute atomic E-state index is 0.942. The number of rotatable bonds is 3. The maximum Gasteiger partial charge on any atom is 0.274 e. The van der Waals surface area contributed by atoms with Gasteiger partial charge in [-0.2, -0.15) is 0 Å². The standard InChI is InChI=1S/C22H21N5S/c1-16-19(17-7-3-2-4-8-17)20-21(24-15-25-22(20)28-16)27-13-11-26(12-14-27)18-9-5-6-10-23-18/h2-10,15H,11-14H2,1H3/p+1. The molecule has 0 radical (unpaired) electrons. The van der Waals surface area contributed by atoms with Crippen molar-refractivity contribution in [2.75, 3.05) is 36.0 Å². The molecular formula is C22H22N5S+. The molecular weight excluding hydrogens is 366 g/mol. The molecule has 0 bridgehead atoms. The fourth-order valence-electron chi connectivity index (χ4n) is 3.96. The van der Waals surface area contributed by atoms with Crippen LogP contribution in [0.3, 0.4) is 0 Å². The Morgan fingerprint density at radius 2 is 1.64 bits per heavy atom. The lowest BCUT2D eigenvalue weighted by atomic mass is 10.0. The van der Waals surface area contributed by atoms with Crippen LogP contribution < -0.4 is 14.8 Å². The highest BCUT2D eigenvalue weighted by Gasteiger charge is 2.27. The normalized spacial score (nSPS) is 14.6. The van der Waals surface area contributed by atoms with Gasteiger partial charge in [0.1, 0.15) is 30.1 Å². The van der Waals surface area contributed by atoms with Gasteiger partial charge < -0.3 is 4.90 Å². The number of thiophene rings is 1. The van der Waals surface area contributed by atoms with Crippen molar-refractivity contribution in [3.05, 3.63) is 65.9 Å². The van der Waals surface area contributed by atoms with Gasteiger partial charge in [0, 0.05) is 16.5 Å². The lowest BCUT2D eigenvalue weighted by Gasteiger charge is -2.32. The Labute approximate surface area is 168 Å². The van der Waals surface area contributed by atoms with E-state index < -0.39 is 0 Å². The van der Waals surface area contributed by atoms with E-state index in [2.05, 4.69) is 69.2 Å². The zero-order valence-corrected chi connectivity index (χ0v) is 16.6. The fraction of sp³-hybridized carbons (Fsp3) is 0.227. The van der Waals surface area contributed by atoms with E-state index in [1.54, 1.807) is 17.7 Å². The fourth-order valence-corrected chi connectivity index (χ4v) is 4.97. The highest BCUT2D eigenvalue weighted by Crippen LogP contribution is 2.41. The number of aryl methyl sites for hydroxylation is 1. The number of pyridine rings is 1. The molecule has 1 aromatic carbocycles. The minimum Gasteiger partial charge on any atom is -0.348 e. The third kappa shape index (κ3) is 2.99. The van der Waals surface area contributed by atoms with Crippen molar-refractivity contribution < 1.29 is 4.98 Å². The van der Waals surface area contributed by atoms with Crippen molar-refractivity contribution >= 4 is 33.2 Å². The van der Waals surface area contributed by atoms with E-state index in [1.165, 1.54) is 27.2 Å². The molecule has 6 heteroatoms. The SMILES string of the molecule is Cc1sc2ncnc(N3CCN(c4cccc[nH+]4)CC3)c2c1-c1ccccc1. The number of piperazine rings is 1. The number of aromatic amines is 1. The third-order valence-corrected chi connectivity index (χ3v) is 6.33. The van der Waals surface area contributed by atoms with Crippen LogP contribution in [-0.4, -0.2) is 36.1 Å². The first kappa shape index (κ1) is 17.1. The average Bonchev–Trinajstić information content (AvgIpc) is 3.11. The molecule has 140 valence electrons. The quantitative estimate of drug-likeness (QED) is 0.535. The molecule has 0 amide bonds. The molecule has 0 aliphatic carbocycles. The number of anilines is 2. The van der Waals surface area contributed by atoms with E-state index in [0.717, 1.165) is 36.8 Å². The molecule has 4 heterocycles. The van der Waals surface area contributed by atoms with E-state index in [9.17, 15) is 0 Å². The molecule has 0 atom stereocenters. The topological polar surface area (TPSA) is 46.4 Å². The van der Waals surface area contributed by atoms with Crippen LogP contribution in [0.5, 0.6) is 0 Å². The summed E-state index contributed by atoms with van der Waals surface area (Å²) in [6.07, 6.45) is 3.69. The van der Waals surface area contributed by atoms with Crippen molar-refractivity contribution in [3.63, 3.8) is 0 Å². The maximum absolute atomic E-state index is 4.72. The summed E-state index contributed by atoms with van der Waals surface area (Å²) < 4.78 is 0. The predicted octanol–water partition coefficient (Wildman–Crippen LogP) is 3.81. The molecule has 3 aromatic heterocycles. The van der Waals surface area contributed by atoms with Crippen LogP contribution in [0.2, 0.25) is 0 Å². The van der Waals surface area contributed by atoms with Gasteiger partial charge in [0.2, 0.25) is 0 Å². The number of nitrogens with one attached hydrogen (secondary N) is 1. The lowest BCUT2D eigenvalue weighted by molar-refractivity contribution is -0.364. The van der Waals surface area contributed by atoms with Crippen LogP contribution in [0, 0.1) is 6.92 Å². The maximum atomic E-state index is 4.72. The van der Waals surface area contributed by atoms with E-state index in [-0.39, 0.29) is 0 Å². The predicted molar refractivity (Wildman–Crippen MR) is 115 cm³/mol. The number of nitrogens with zero attached hydrogens (tertiary/aromatic N) is 4. The van der Waals surface area contributed by atoms with Crippen molar-refractivity contribution in [1.82, 2.24) is 9.97 Å². The lowest BCUT2D eigenvalue weighted by Crippen LogP contribution is -2.48. The highest BCUT2D eigenvalue weighted by molar-refractivity contribution is 7.19. The number of hydrogen-bond donors (Lipinski definition) is 0. The Morgan fingerprint density at radius 3 is 2.39 bits per heavy atom. The largest absolute Gasteiger partial charge is 0.348 e. The zero-order valence-electron chi connectivity index (χ0n) is 15.8. The molecule has 0 spiro atoms. The zero-order chi connectivity index (χ0) is 18.9. The van der Waals surface area contributed by atoms with Crippen LogP contribution in [0.4, 0.5) is 11.6 Å². The summed E-state index contributed by atoms with van der Waals surface area (Å²) in [4.78, 5) is 19.8. The van der Waals surface area contributed by atoms with E-state index in [4.69, 9.17) is 4.98 Å². The minimum atomic E-state index is 0.942. The summed E-state index contributed by atoms with van der Waals surface area (Å²) >= 11 is 1.76. The first-order chi connectivity index (χ1) is 13.8. The molecule has 0 saturated carbocycles. The Bertz CT molecular complexity index is 1090. The van der Waals surface area contributed by atoms with Gasteiger partial charge in [0.15, 0.2) is 0 Å². The summed E-state index contributed by atoms with van der Waals surface area (Å²) in [5.41, 5.74) is 2.51. The molecule has 1 aliphatic heterocycles. The molecule has 28 heavy (non-hydrogen) atoms. The van der Waals surface area contributed by atoms with Gasteiger partial charge in [0.25, 0.3) is 5.82 Å². The van der Waals surface area contributed by atoms with Gasteiger partial charge in [0.05, 0.1) is 24.7 Å². The van der Waals surface area contributed by atoms with Crippen molar-refractivity contribution in [2.45, 2.75) is 6.92 Å². The number of hydrogen-bond acceptors (Lipinski definition) is 5. The van der Waals surface area contributed by atoms with E-state index >= 15 is 0 Å². The van der Waals surface area contributed by atoms with E-state index in [1.807, 2.05) is 12.3 Å². The first-order valence-electron chi connectivity index (χ1n) is 9.57. The number of H-pyrrole nitrogens is 1. The van der Waals surface area contributed by atoms with Gasteiger partial charge in [-0.3, -0.25) is 4.90 Å². The van der Waals surface area contributed by atoms with Crippen molar-refractivity contribution in [2.24, 2.45) is 0 Å². The number of aromatic nitrogens is 3. The van der Waals surface area contributed by atoms with Crippen molar-refractivity contribution in [1.29, 1.82) is 0 Å². The third-order valence-electron chi connectivity index (χ3n) is 5.32. The Hall–Kier alpha value is -2.99. The summed E-state index contributed by atoms with van der Waals surface area (Å²) in [6.45, 7) is 6.00. The monoisotopic (exact) mass is 388 g/mol. The molecule has 1 aliphatic rings. The summed E-state index contributed by atoms with van der Waals surface area (Å²) in [7, 11) is 0. The molecule has 1 fully saturated rings. The van der Waals surface area contributed by atoms with Crippen LogP contribution in [0.15, 0.2) is 61.1 Å². The Balaban J connectivity index is 1.50. The van der Waals surface area contributed by atoms with Crippen LogP contribution in [0.25, 0.3) is 21.3 Å². The van der Waals surface area contributed by atoms with Gasteiger partial charge in [-0.25, -0.2) is 15.0 Å². The Kier molecular flexibility index (Phi) is 4.41. The summed E-state index contributed by atoms with van der Waals surface area (Å²) in [5.74, 6) is 2.23. The van der Waals surface area contributed by atoms with Crippen LogP contribution >= 0.6 is 11.3 Å².